The smallest absolute Gasteiger partial charge is 0.263 e. The summed E-state index contributed by atoms with van der Waals surface area (Å²) >= 11 is 0. The lowest BCUT2D eigenvalue weighted by Gasteiger charge is -2.34. The summed E-state index contributed by atoms with van der Waals surface area (Å²) in [7, 11) is 0. The summed E-state index contributed by atoms with van der Waals surface area (Å²) in [5.74, 6) is -0.855. The van der Waals surface area contributed by atoms with Gasteiger partial charge >= 0.3 is 0 Å². The summed E-state index contributed by atoms with van der Waals surface area (Å²) in [6.45, 7) is 4.47. The summed E-state index contributed by atoms with van der Waals surface area (Å²) in [5.41, 5.74) is 2.49. The predicted molar refractivity (Wildman–Crippen MR) is 128 cm³/mol. The number of aromatic nitrogens is 1. The maximum absolute atomic E-state index is 13.1. The average molecular weight is 463 g/mol. The zero-order valence-corrected chi connectivity index (χ0v) is 19.0. The number of anilines is 1. The van der Waals surface area contributed by atoms with Crippen LogP contribution in [-0.4, -0.2) is 58.9 Å². The number of carbonyl (C=O) groups is 2. The van der Waals surface area contributed by atoms with E-state index in [4.69, 9.17) is 0 Å². The van der Waals surface area contributed by atoms with Gasteiger partial charge in [-0.15, -0.1) is 0 Å². The van der Waals surface area contributed by atoms with E-state index in [0.29, 0.717) is 38.4 Å². The van der Waals surface area contributed by atoms with E-state index in [0.717, 1.165) is 11.1 Å². The molecule has 1 N–H and O–H groups in total. The van der Waals surface area contributed by atoms with Gasteiger partial charge in [0.05, 0.1) is 13.1 Å². The highest BCUT2D eigenvalue weighted by molar-refractivity contribution is 5.94. The summed E-state index contributed by atoms with van der Waals surface area (Å²) in [6, 6.07) is 16.8. The van der Waals surface area contributed by atoms with Gasteiger partial charge in [0.2, 0.25) is 5.91 Å². The van der Waals surface area contributed by atoms with Gasteiger partial charge in [-0.1, -0.05) is 29.8 Å². The zero-order chi connectivity index (χ0) is 24.1. The molecule has 176 valence electrons. The van der Waals surface area contributed by atoms with Crippen LogP contribution in [0.1, 0.15) is 21.5 Å². The van der Waals surface area contributed by atoms with Gasteiger partial charge in [-0.3, -0.25) is 19.3 Å². The Hall–Kier alpha value is -3.78. The highest BCUT2D eigenvalue weighted by Gasteiger charge is 2.25. The Morgan fingerprint density at radius 1 is 0.971 bits per heavy atom. The standard InChI is InChI=1S/C26H27FN4O3/c1-19-4-2-5-20(16-19)17-31-11-3-6-23(26(31)34)25(33)30-14-12-29(13-15-30)18-24(32)28-22-9-7-21(27)8-10-22/h2-11,16H,12-15,17-18H2,1H3,(H,28,32). The molecule has 1 aliphatic heterocycles. The van der Waals surface area contributed by atoms with Crippen LogP contribution < -0.4 is 10.9 Å². The third-order valence-corrected chi connectivity index (χ3v) is 5.84. The maximum Gasteiger partial charge on any atom is 0.263 e. The van der Waals surface area contributed by atoms with Crippen molar-refractivity contribution >= 4 is 17.5 Å². The fourth-order valence-corrected chi connectivity index (χ4v) is 4.05. The molecule has 1 saturated heterocycles. The van der Waals surface area contributed by atoms with Crippen LogP contribution in [0.5, 0.6) is 0 Å². The molecule has 1 fully saturated rings. The van der Waals surface area contributed by atoms with Gasteiger partial charge in [0.15, 0.2) is 0 Å². The number of nitrogens with zero attached hydrogens (tertiary/aromatic N) is 3. The van der Waals surface area contributed by atoms with E-state index in [1.807, 2.05) is 36.1 Å². The summed E-state index contributed by atoms with van der Waals surface area (Å²) in [4.78, 5) is 41.9. The molecule has 3 aromatic rings. The molecule has 34 heavy (non-hydrogen) atoms. The third-order valence-electron chi connectivity index (χ3n) is 5.84. The minimum Gasteiger partial charge on any atom is -0.336 e. The van der Waals surface area contributed by atoms with Crippen LogP contribution >= 0.6 is 0 Å². The molecule has 4 rings (SSSR count). The van der Waals surface area contributed by atoms with Crippen molar-refractivity contribution in [2.24, 2.45) is 0 Å². The minimum atomic E-state index is -0.362. The van der Waals surface area contributed by atoms with Crippen molar-refractivity contribution in [2.75, 3.05) is 38.0 Å². The van der Waals surface area contributed by atoms with Crippen LogP contribution in [-0.2, 0) is 11.3 Å². The van der Waals surface area contributed by atoms with Gasteiger partial charge < -0.3 is 14.8 Å². The monoisotopic (exact) mass is 462 g/mol. The lowest BCUT2D eigenvalue weighted by Crippen LogP contribution is -2.51. The average Bonchev–Trinajstić information content (AvgIpc) is 2.82. The van der Waals surface area contributed by atoms with E-state index in [1.165, 1.54) is 24.3 Å². The van der Waals surface area contributed by atoms with Crippen LogP contribution in [0.3, 0.4) is 0 Å². The van der Waals surface area contributed by atoms with Crippen LogP contribution in [0.15, 0.2) is 71.7 Å². The molecular formula is C26H27FN4O3. The molecule has 1 aliphatic rings. The Balaban J connectivity index is 1.34. The molecule has 7 nitrogen and oxygen atoms in total. The zero-order valence-electron chi connectivity index (χ0n) is 19.0. The van der Waals surface area contributed by atoms with Gasteiger partial charge in [-0.05, 0) is 48.9 Å². The van der Waals surface area contributed by atoms with Crippen molar-refractivity contribution in [1.29, 1.82) is 0 Å². The second-order valence-corrected chi connectivity index (χ2v) is 8.47. The molecule has 2 heterocycles. The molecule has 2 amide bonds. The Morgan fingerprint density at radius 3 is 2.41 bits per heavy atom. The van der Waals surface area contributed by atoms with E-state index in [9.17, 15) is 18.8 Å². The van der Waals surface area contributed by atoms with E-state index < -0.39 is 0 Å². The van der Waals surface area contributed by atoms with Crippen molar-refractivity contribution in [3.8, 4) is 0 Å². The fraction of sp³-hybridized carbons (Fsp3) is 0.269. The molecule has 0 radical (unpaired) electrons. The summed E-state index contributed by atoms with van der Waals surface area (Å²) < 4.78 is 14.6. The third kappa shape index (κ3) is 5.77. The van der Waals surface area contributed by atoms with Crippen molar-refractivity contribution in [2.45, 2.75) is 13.5 Å². The number of piperazine rings is 1. The first kappa shape index (κ1) is 23.4. The number of halogens is 1. The first-order valence-corrected chi connectivity index (χ1v) is 11.2. The van der Waals surface area contributed by atoms with Gasteiger partial charge in [-0.2, -0.15) is 0 Å². The van der Waals surface area contributed by atoms with Gasteiger partial charge in [0.25, 0.3) is 11.5 Å². The first-order chi connectivity index (χ1) is 16.4. The molecule has 0 unspecified atom stereocenters. The van der Waals surface area contributed by atoms with Crippen molar-refractivity contribution < 1.29 is 14.0 Å². The lowest BCUT2D eigenvalue weighted by atomic mass is 10.1. The van der Waals surface area contributed by atoms with Crippen LogP contribution in [0.25, 0.3) is 0 Å². The Morgan fingerprint density at radius 2 is 1.71 bits per heavy atom. The highest BCUT2D eigenvalue weighted by Crippen LogP contribution is 2.11. The van der Waals surface area contributed by atoms with Crippen LogP contribution in [0.2, 0.25) is 0 Å². The molecule has 0 aliphatic carbocycles. The van der Waals surface area contributed by atoms with Gasteiger partial charge in [0.1, 0.15) is 11.4 Å². The number of nitrogens with one attached hydrogen (secondary N) is 1. The minimum absolute atomic E-state index is 0.151. The highest BCUT2D eigenvalue weighted by atomic mass is 19.1. The van der Waals surface area contributed by atoms with E-state index >= 15 is 0 Å². The number of aryl methyl sites for hydroxylation is 1. The van der Waals surface area contributed by atoms with Crippen molar-refractivity contribution in [3.05, 3.63) is 99.7 Å². The number of benzene rings is 2. The number of carbonyl (C=O) groups excluding carboxylic acids is 2. The van der Waals surface area contributed by atoms with Crippen LogP contribution in [0, 0.1) is 12.7 Å². The fourth-order valence-electron chi connectivity index (χ4n) is 4.05. The SMILES string of the molecule is Cc1cccc(Cn2cccc(C(=O)N3CCN(CC(=O)Nc4ccc(F)cc4)CC3)c2=O)c1. The lowest BCUT2D eigenvalue weighted by molar-refractivity contribution is -0.117. The summed E-state index contributed by atoms with van der Waals surface area (Å²) in [5, 5.41) is 2.74. The number of amides is 2. The van der Waals surface area contributed by atoms with Gasteiger partial charge in [0, 0.05) is 38.1 Å². The maximum atomic E-state index is 13.1. The number of rotatable bonds is 6. The Kier molecular flexibility index (Phi) is 7.18. The van der Waals surface area contributed by atoms with Crippen molar-refractivity contribution in [3.63, 3.8) is 0 Å². The predicted octanol–water partition coefficient (Wildman–Crippen LogP) is 2.74. The van der Waals surface area contributed by atoms with Crippen LogP contribution in [0.4, 0.5) is 10.1 Å². The molecule has 0 atom stereocenters. The number of pyridine rings is 1. The Bertz CT molecular complexity index is 1230. The molecular weight excluding hydrogens is 435 g/mol. The summed E-state index contributed by atoms with van der Waals surface area (Å²) in [6.07, 6.45) is 1.69. The van der Waals surface area contributed by atoms with Gasteiger partial charge in [-0.25, -0.2) is 4.39 Å². The normalized spacial score (nSPS) is 14.1. The molecule has 0 spiro atoms. The molecule has 2 aromatic carbocycles. The number of hydrogen-bond donors (Lipinski definition) is 1. The second-order valence-electron chi connectivity index (χ2n) is 8.47. The molecule has 0 saturated carbocycles. The van der Waals surface area contributed by atoms with E-state index in [1.54, 1.807) is 27.8 Å². The van der Waals surface area contributed by atoms with E-state index in [2.05, 4.69) is 5.32 Å². The molecule has 0 bridgehead atoms. The molecule has 8 heteroatoms. The second kappa shape index (κ2) is 10.4. The first-order valence-electron chi connectivity index (χ1n) is 11.2. The molecule has 1 aromatic heterocycles. The quantitative estimate of drug-likeness (QED) is 0.611. The Labute approximate surface area is 197 Å². The van der Waals surface area contributed by atoms with Crippen molar-refractivity contribution in [1.82, 2.24) is 14.4 Å². The largest absolute Gasteiger partial charge is 0.336 e. The van der Waals surface area contributed by atoms with E-state index in [-0.39, 0.29) is 35.3 Å². The topological polar surface area (TPSA) is 74.7 Å². The number of hydrogen-bond acceptors (Lipinski definition) is 4.